The van der Waals surface area contributed by atoms with E-state index in [1.54, 1.807) is 0 Å². The molecule has 21 heavy (non-hydrogen) atoms. The van der Waals surface area contributed by atoms with Crippen LogP contribution in [0.5, 0.6) is 0 Å². The third kappa shape index (κ3) is 2.88. The van der Waals surface area contributed by atoms with Gasteiger partial charge in [0.15, 0.2) is 0 Å². The number of rotatable bonds is 4. The predicted molar refractivity (Wildman–Crippen MR) is 83.7 cm³/mol. The van der Waals surface area contributed by atoms with Crippen molar-refractivity contribution in [2.45, 2.75) is 82.0 Å². The van der Waals surface area contributed by atoms with Crippen LogP contribution >= 0.6 is 0 Å². The highest BCUT2D eigenvalue weighted by Crippen LogP contribution is 2.48. The highest BCUT2D eigenvalue weighted by atomic mass is 16.5. The number of hydrogen-bond donors (Lipinski definition) is 2. The average molecular weight is 296 g/mol. The maximum atomic E-state index is 6.09. The first-order valence-corrected chi connectivity index (χ1v) is 8.78. The molecule has 2 saturated carbocycles. The van der Waals surface area contributed by atoms with E-state index < -0.39 is 0 Å². The molecule has 0 aromatic carbocycles. The lowest BCUT2D eigenvalue weighted by Crippen LogP contribution is -2.62. The topological polar surface area (TPSA) is 56.5 Å². The first-order chi connectivity index (χ1) is 10.1. The monoisotopic (exact) mass is 296 g/mol. The lowest BCUT2D eigenvalue weighted by atomic mass is 9.65. The molecular formula is C17H32N2O2. The van der Waals surface area contributed by atoms with E-state index in [0.717, 1.165) is 38.2 Å². The second kappa shape index (κ2) is 6.15. The summed E-state index contributed by atoms with van der Waals surface area (Å²) in [6.45, 7) is 3.23. The zero-order chi connectivity index (χ0) is 14.9. The van der Waals surface area contributed by atoms with E-state index >= 15 is 0 Å². The summed E-state index contributed by atoms with van der Waals surface area (Å²) >= 11 is 0. The Morgan fingerprint density at radius 1 is 1.19 bits per heavy atom. The summed E-state index contributed by atoms with van der Waals surface area (Å²) in [4.78, 5) is 0. The van der Waals surface area contributed by atoms with E-state index in [2.05, 4.69) is 12.3 Å². The van der Waals surface area contributed by atoms with Gasteiger partial charge < -0.3 is 9.47 Å². The van der Waals surface area contributed by atoms with Crippen LogP contribution in [-0.2, 0) is 9.47 Å². The van der Waals surface area contributed by atoms with Gasteiger partial charge in [0.05, 0.1) is 17.2 Å². The summed E-state index contributed by atoms with van der Waals surface area (Å²) in [6, 6.07) is 0.256. The second-order valence-corrected chi connectivity index (χ2v) is 7.75. The van der Waals surface area contributed by atoms with Gasteiger partial charge in [-0.3, -0.25) is 11.3 Å². The number of hydrazine groups is 1. The maximum Gasteiger partial charge on any atom is 0.0849 e. The van der Waals surface area contributed by atoms with Crippen molar-refractivity contribution in [2.24, 2.45) is 17.7 Å². The average Bonchev–Trinajstić information content (AvgIpc) is 2.47. The zero-order valence-corrected chi connectivity index (χ0v) is 13.7. The highest BCUT2D eigenvalue weighted by molar-refractivity contribution is 5.03. The number of methoxy groups -OCH3 is 1. The first kappa shape index (κ1) is 15.7. The van der Waals surface area contributed by atoms with Crippen molar-refractivity contribution in [3.05, 3.63) is 0 Å². The predicted octanol–water partition coefficient (Wildman–Crippen LogP) is 2.76. The van der Waals surface area contributed by atoms with Crippen LogP contribution in [0.15, 0.2) is 0 Å². The van der Waals surface area contributed by atoms with Gasteiger partial charge in [-0.15, -0.1) is 0 Å². The van der Waals surface area contributed by atoms with Gasteiger partial charge in [-0.05, 0) is 56.8 Å². The molecule has 4 unspecified atom stereocenters. The van der Waals surface area contributed by atoms with E-state index in [-0.39, 0.29) is 17.2 Å². The fourth-order valence-corrected chi connectivity index (χ4v) is 5.13. The van der Waals surface area contributed by atoms with E-state index in [9.17, 15) is 0 Å². The molecule has 3 rings (SSSR count). The van der Waals surface area contributed by atoms with Gasteiger partial charge >= 0.3 is 0 Å². The Balaban J connectivity index is 1.76. The fourth-order valence-electron chi connectivity index (χ4n) is 5.13. The molecule has 0 aromatic rings. The molecule has 1 spiro atoms. The lowest BCUT2D eigenvalue weighted by Gasteiger charge is -2.53. The molecule has 1 heterocycles. The van der Waals surface area contributed by atoms with Crippen molar-refractivity contribution >= 4 is 0 Å². The number of nitrogens with two attached hydrogens (primary N) is 1. The molecule has 4 heteroatoms. The number of hydrogen-bond acceptors (Lipinski definition) is 4. The van der Waals surface area contributed by atoms with Crippen molar-refractivity contribution in [2.75, 3.05) is 13.7 Å². The van der Waals surface area contributed by atoms with Crippen LogP contribution in [0.1, 0.15) is 64.7 Å². The zero-order valence-electron chi connectivity index (χ0n) is 13.7. The Labute approximate surface area is 129 Å². The van der Waals surface area contributed by atoms with Crippen molar-refractivity contribution in [3.8, 4) is 0 Å². The van der Waals surface area contributed by atoms with Crippen LogP contribution in [0.2, 0.25) is 0 Å². The minimum atomic E-state index is -0.0840. The van der Waals surface area contributed by atoms with E-state index in [1.807, 2.05) is 7.11 Å². The Hall–Kier alpha value is -0.160. The van der Waals surface area contributed by atoms with E-state index in [4.69, 9.17) is 15.3 Å². The van der Waals surface area contributed by atoms with Crippen LogP contribution in [-0.4, -0.2) is 31.0 Å². The molecule has 0 aromatic heterocycles. The Morgan fingerprint density at radius 2 is 2.00 bits per heavy atom. The molecule has 1 aliphatic heterocycles. The Bertz CT molecular complexity index is 359. The molecule has 0 amide bonds. The molecule has 2 aliphatic carbocycles. The summed E-state index contributed by atoms with van der Waals surface area (Å²) < 4.78 is 12.2. The summed E-state index contributed by atoms with van der Waals surface area (Å²) in [6.07, 6.45) is 10.9. The minimum absolute atomic E-state index is 0.0840. The van der Waals surface area contributed by atoms with Crippen molar-refractivity contribution in [1.82, 2.24) is 5.43 Å². The molecule has 0 radical (unpaired) electrons. The van der Waals surface area contributed by atoms with Gasteiger partial charge in [0.2, 0.25) is 0 Å². The summed E-state index contributed by atoms with van der Waals surface area (Å²) in [5.74, 6) is 7.32. The molecule has 122 valence electrons. The van der Waals surface area contributed by atoms with Crippen LogP contribution in [0.4, 0.5) is 0 Å². The largest absolute Gasteiger partial charge is 0.377 e. The van der Waals surface area contributed by atoms with Crippen molar-refractivity contribution in [3.63, 3.8) is 0 Å². The number of nitrogens with one attached hydrogen (secondary N) is 1. The summed E-state index contributed by atoms with van der Waals surface area (Å²) in [5, 5.41) is 0. The smallest absolute Gasteiger partial charge is 0.0849 e. The molecule has 4 nitrogen and oxygen atoms in total. The normalized spacial score (nSPS) is 40.7. The Morgan fingerprint density at radius 3 is 2.57 bits per heavy atom. The molecule has 3 fully saturated rings. The van der Waals surface area contributed by atoms with Crippen LogP contribution in [0, 0.1) is 11.8 Å². The SMILES string of the molecule is COC1(C(NN)C2CCOC3(CCC3)C2)CCCC(C)C1. The standard InChI is InChI=1S/C17H32N2O2/c1-13-5-3-9-17(11-13,20-2)15(19-18)14-6-10-21-16(12-14)7-4-8-16/h13-15,19H,3-12,18H2,1-2H3. The first-order valence-electron chi connectivity index (χ1n) is 8.78. The van der Waals surface area contributed by atoms with Gasteiger partial charge in [0.1, 0.15) is 0 Å². The highest BCUT2D eigenvalue weighted by Gasteiger charge is 2.50. The maximum absolute atomic E-state index is 6.09. The van der Waals surface area contributed by atoms with E-state index in [1.165, 1.54) is 32.1 Å². The Kier molecular flexibility index (Phi) is 4.60. The van der Waals surface area contributed by atoms with Gasteiger partial charge in [0.25, 0.3) is 0 Å². The molecule has 1 saturated heterocycles. The third-order valence-electron chi connectivity index (χ3n) is 6.41. The molecule has 4 atom stereocenters. The van der Waals surface area contributed by atoms with Gasteiger partial charge in [0, 0.05) is 13.7 Å². The van der Waals surface area contributed by atoms with Gasteiger partial charge in [-0.1, -0.05) is 19.8 Å². The minimum Gasteiger partial charge on any atom is -0.377 e. The summed E-state index contributed by atoms with van der Waals surface area (Å²) in [5.41, 5.74) is 3.25. The lowest BCUT2D eigenvalue weighted by molar-refractivity contribution is -0.166. The third-order valence-corrected chi connectivity index (χ3v) is 6.41. The van der Waals surface area contributed by atoms with Crippen molar-refractivity contribution in [1.29, 1.82) is 0 Å². The summed E-state index contributed by atoms with van der Waals surface area (Å²) in [7, 11) is 1.88. The molecule has 3 aliphatic rings. The quantitative estimate of drug-likeness (QED) is 0.619. The second-order valence-electron chi connectivity index (χ2n) is 7.75. The van der Waals surface area contributed by atoms with Gasteiger partial charge in [-0.2, -0.15) is 0 Å². The fraction of sp³-hybridized carbons (Fsp3) is 1.00. The van der Waals surface area contributed by atoms with Crippen LogP contribution in [0.3, 0.4) is 0 Å². The van der Waals surface area contributed by atoms with Gasteiger partial charge in [-0.25, -0.2) is 0 Å². The van der Waals surface area contributed by atoms with Crippen LogP contribution in [0.25, 0.3) is 0 Å². The van der Waals surface area contributed by atoms with Crippen LogP contribution < -0.4 is 11.3 Å². The van der Waals surface area contributed by atoms with E-state index in [0.29, 0.717) is 5.92 Å². The number of ether oxygens (including phenoxy) is 2. The molecule has 0 bridgehead atoms. The molecular weight excluding hydrogens is 264 g/mol. The molecule has 3 N–H and O–H groups in total. The van der Waals surface area contributed by atoms with Crippen molar-refractivity contribution < 1.29 is 9.47 Å².